The van der Waals surface area contributed by atoms with E-state index in [4.69, 9.17) is 4.74 Å². The summed E-state index contributed by atoms with van der Waals surface area (Å²) in [5, 5.41) is 0. The van der Waals surface area contributed by atoms with E-state index in [1.807, 2.05) is 0 Å². The lowest BCUT2D eigenvalue weighted by Gasteiger charge is -2.26. The van der Waals surface area contributed by atoms with E-state index >= 15 is 0 Å². The van der Waals surface area contributed by atoms with Crippen LogP contribution in [0.1, 0.15) is 45.4 Å². The van der Waals surface area contributed by atoms with E-state index in [2.05, 4.69) is 18.9 Å². The number of hydrogen-bond donors (Lipinski definition) is 0. The molecule has 0 spiro atoms. The molecule has 0 aromatic carbocycles. The molecule has 1 saturated heterocycles. The molecule has 0 radical (unpaired) electrons. The molecule has 15 heavy (non-hydrogen) atoms. The van der Waals surface area contributed by atoms with Crippen LogP contribution in [0.15, 0.2) is 0 Å². The van der Waals surface area contributed by atoms with Gasteiger partial charge in [-0.25, -0.2) is 0 Å². The lowest BCUT2D eigenvalue weighted by atomic mass is 9.98. The first kappa shape index (κ1) is 11.4. The van der Waals surface area contributed by atoms with Gasteiger partial charge in [0, 0.05) is 12.6 Å². The topological polar surface area (TPSA) is 12.5 Å². The SMILES string of the molecule is CC1CC(COC2CCCCC2)N(C)C1. The third-order valence-electron chi connectivity index (χ3n) is 3.97. The van der Waals surface area contributed by atoms with Gasteiger partial charge < -0.3 is 9.64 Å². The molecule has 2 unspecified atom stereocenters. The monoisotopic (exact) mass is 211 g/mol. The van der Waals surface area contributed by atoms with Gasteiger partial charge in [-0.3, -0.25) is 0 Å². The van der Waals surface area contributed by atoms with Gasteiger partial charge >= 0.3 is 0 Å². The maximum atomic E-state index is 6.04. The molecule has 0 aromatic heterocycles. The molecule has 2 rings (SSSR count). The predicted molar refractivity (Wildman–Crippen MR) is 63.0 cm³/mol. The Morgan fingerprint density at radius 2 is 1.93 bits per heavy atom. The Bertz CT molecular complexity index is 189. The van der Waals surface area contributed by atoms with Crippen molar-refractivity contribution in [2.45, 2.75) is 57.6 Å². The van der Waals surface area contributed by atoms with Gasteiger partial charge in [-0.1, -0.05) is 26.2 Å². The molecular formula is C13H25NO. The molecule has 0 amide bonds. The molecule has 0 aromatic rings. The standard InChI is InChI=1S/C13H25NO/c1-11-8-12(14(2)9-11)10-15-13-6-4-3-5-7-13/h11-13H,3-10H2,1-2H3. The maximum Gasteiger partial charge on any atom is 0.0625 e. The minimum Gasteiger partial charge on any atom is -0.377 e. The molecule has 1 aliphatic carbocycles. The van der Waals surface area contributed by atoms with Gasteiger partial charge in [-0.05, 0) is 32.2 Å². The Labute approximate surface area is 94.0 Å². The summed E-state index contributed by atoms with van der Waals surface area (Å²) in [4.78, 5) is 2.47. The lowest BCUT2D eigenvalue weighted by molar-refractivity contribution is 0.00341. The zero-order valence-corrected chi connectivity index (χ0v) is 10.2. The quantitative estimate of drug-likeness (QED) is 0.711. The van der Waals surface area contributed by atoms with Gasteiger partial charge in [-0.2, -0.15) is 0 Å². The average molecular weight is 211 g/mol. The fraction of sp³-hybridized carbons (Fsp3) is 1.00. The molecule has 88 valence electrons. The van der Waals surface area contributed by atoms with Crippen molar-refractivity contribution >= 4 is 0 Å². The van der Waals surface area contributed by atoms with Crippen molar-refractivity contribution in [3.8, 4) is 0 Å². The highest BCUT2D eigenvalue weighted by Gasteiger charge is 2.27. The third kappa shape index (κ3) is 3.18. The van der Waals surface area contributed by atoms with Crippen LogP contribution in [0.5, 0.6) is 0 Å². The summed E-state index contributed by atoms with van der Waals surface area (Å²) in [5.41, 5.74) is 0. The Morgan fingerprint density at radius 3 is 2.53 bits per heavy atom. The molecular weight excluding hydrogens is 186 g/mol. The summed E-state index contributed by atoms with van der Waals surface area (Å²) < 4.78 is 6.04. The van der Waals surface area contributed by atoms with Gasteiger partial charge in [-0.15, -0.1) is 0 Å². The molecule has 2 heteroatoms. The number of ether oxygens (including phenoxy) is 1. The van der Waals surface area contributed by atoms with Crippen LogP contribution in [0.4, 0.5) is 0 Å². The number of likely N-dealkylation sites (N-methyl/N-ethyl adjacent to an activating group) is 1. The molecule has 1 heterocycles. The molecule has 2 aliphatic rings. The van der Waals surface area contributed by atoms with Crippen molar-refractivity contribution < 1.29 is 4.74 Å². The van der Waals surface area contributed by atoms with Crippen LogP contribution >= 0.6 is 0 Å². The Kier molecular flexibility index (Phi) is 4.04. The van der Waals surface area contributed by atoms with Gasteiger partial charge in [0.25, 0.3) is 0 Å². The van der Waals surface area contributed by atoms with E-state index in [0.717, 1.165) is 12.5 Å². The first-order valence-electron chi connectivity index (χ1n) is 6.57. The normalized spacial score (nSPS) is 34.8. The first-order valence-corrected chi connectivity index (χ1v) is 6.57. The number of likely N-dealkylation sites (tertiary alicyclic amines) is 1. The highest BCUT2D eigenvalue weighted by molar-refractivity contribution is 4.81. The van der Waals surface area contributed by atoms with Crippen LogP contribution in [-0.4, -0.2) is 37.2 Å². The van der Waals surface area contributed by atoms with Crippen LogP contribution in [0, 0.1) is 5.92 Å². The van der Waals surface area contributed by atoms with E-state index in [1.165, 1.54) is 45.1 Å². The zero-order chi connectivity index (χ0) is 10.7. The van der Waals surface area contributed by atoms with Gasteiger partial charge in [0.15, 0.2) is 0 Å². The number of nitrogens with zero attached hydrogens (tertiary/aromatic N) is 1. The summed E-state index contributed by atoms with van der Waals surface area (Å²) in [6, 6.07) is 0.682. The van der Waals surface area contributed by atoms with Crippen LogP contribution in [-0.2, 0) is 4.74 Å². The van der Waals surface area contributed by atoms with E-state index in [-0.39, 0.29) is 0 Å². The maximum absolute atomic E-state index is 6.04. The van der Waals surface area contributed by atoms with Gasteiger partial charge in [0.1, 0.15) is 0 Å². The van der Waals surface area contributed by atoms with Crippen molar-refractivity contribution in [2.75, 3.05) is 20.2 Å². The first-order chi connectivity index (χ1) is 7.25. The third-order valence-corrected chi connectivity index (χ3v) is 3.97. The van der Waals surface area contributed by atoms with Crippen molar-refractivity contribution in [3.63, 3.8) is 0 Å². The molecule has 0 bridgehead atoms. The second kappa shape index (κ2) is 5.31. The Balaban J connectivity index is 1.68. The fourth-order valence-electron chi connectivity index (χ4n) is 3.03. The van der Waals surface area contributed by atoms with Crippen LogP contribution in [0.2, 0.25) is 0 Å². The smallest absolute Gasteiger partial charge is 0.0625 e. The highest BCUT2D eigenvalue weighted by Crippen LogP contribution is 2.24. The van der Waals surface area contributed by atoms with E-state index in [1.54, 1.807) is 0 Å². The molecule has 2 atom stereocenters. The van der Waals surface area contributed by atoms with Gasteiger partial charge in [0.05, 0.1) is 12.7 Å². The summed E-state index contributed by atoms with van der Waals surface area (Å²) in [5.74, 6) is 0.856. The minimum absolute atomic E-state index is 0.572. The van der Waals surface area contributed by atoms with Crippen LogP contribution < -0.4 is 0 Å². The van der Waals surface area contributed by atoms with E-state index in [0.29, 0.717) is 12.1 Å². The average Bonchev–Trinajstić information content (AvgIpc) is 2.56. The number of hydrogen-bond acceptors (Lipinski definition) is 2. The van der Waals surface area contributed by atoms with E-state index in [9.17, 15) is 0 Å². The Morgan fingerprint density at radius 1 is 1.20 bits per heavy atom. The van der Waals surface area contributed by atoms with Gasteiger partial charge in [0.2, 0.25) is 0 Å². The molecule has 2 fully saturated rings. The summed E-state index contributed by atoms with van der Waals surface area (Å²) >= 11 is 0. The second-order valence-electron chi connectivity index (χ2n) is 5.53. The summed E-state index contributed by atoms with van der Waals surface area (Å²) in [6.07, 6.45) is 8.66. The molecule has 1 saturated carbocycles. The van der Waals surface area contributed by atoms with Crippen molar-refractivity contribution in [1.82, 2.24) is 4.90 Å². The number of rotatable bonds is 3. The summed E-state index contributed by atoms with van der Waals surface area (Å²) in [6.45, 7) is 4.56. The largest absolute Gasteiger partial charge is 0.377 e. The van der Waals surface area contributed by atoms with Crippen LogP contribution in [0.3, 0.4) is 0 Å². The summed E-state index contributed by atoms with van der Waals surface area (Å²) in [7, 11) is 2.23. The highest BCUT2D eigenvalue weighted by atomic mass is 16.5. The second-order valence-corrected chi connectivity index (χ2v) is 5.53. The van der Waals surface area contributed by atoms with E-state index < -0.39 is 0 Å². The van der Waals surface area contributed by atoms with Crippen molar-refractivity contribution in [3.05, 3.63) is 0 Å². The lowest BCUT2D eigenvalue weighted by Crippen LogP contribution is -2.32. The Hall–Kier alpha value is -0.0800. The molecule has 0 N–H and O–H groups in total. The molecule has 2 nitrogen and oxygen atoms in total. The zero-order valence-electron chi connectivity index (χ0n) is 10.2. The fourth-order valence-corrected chi connectivity index (χ4v) is 3.03. The minimum atomic E-state index is 0.572. The predicted octanol–water partition coefficient (Wildman–Crippen LogP) is 2.68. The van der Waals surface area contributed by atoms with Crippen molar-refractivity contribution in [1.29, 1.82) is 0 Å². The molecule has 1 aliphatic heterocycles. The van der Waals surface area contributed by atoms with Crippen LogP contribution in [0.25, 0.3) is 0 Å². The van der Waals surface area contributed by atoms with Crippen molar-refractivity contribution in [2.24, 2.45) is 5.92 Å².